The number of halogens is 3. The number of carbonyl (C=O) groups excluding carboxylic acids is 10. The van der Waals surface area contributed by atoms with Crippen molar-refractivity contribution in [2.24, 2.45) is 57.3 Å². The predicted octanol–water partition coefficient (Wildman–Crippen LogP) is 11.5. The summed E-state index contributed by atoms with van der Waals surface area (Å²) in [6.45, 7) is -0.0751. The van der Waals surface area contributed by atoms with Crippen molar-refractivity contribution >= 4 is 176 Å². The fraction of sp³-hybridized carbons (Fsp3) is 0.0476. The van der Waals surface area contributed by atoms with Crippen molar-refractivity contribution in [1.82, 2.24) is 0 Å². The Morgan fingerprint density at radius 3 is 0.939 bits per heavy atom. The largest absolute Gasteiger partial charge is 0.497 e. The van der Waals surface area contributed by atoms with Crippen molar-refractivity contribution in [3.05, 3.63) is 194 Å². The van der Waals surface area contributed by atoms with E-state index in [0.717, 1.165) is 58.6 Å². The standard InChI is InChI=1S/3C13H13N3O3S.C12H9Cl2N3O2S.C12H10ClN3O2S/c1-19-8-4-2-7(3-5-8)10-6-9(11(14)17)12(20-10)16-13(15)18;1-19-8-4-2-3-7(5-8)10-6-9(11(14)17)12(20-10)16-13(15)18;14-11(18)9-5-10(20-12(9)16-13(15)19)8-3-1-2-7(4-8)6-17;13-7-2-1-5(3-8(7)14)9-4-6(10(15)18)11(20-9)17-12(16)19;13-7-3-1-6(2-4-7)9-5-8(10(14)17)11(19-9)16-12(15)18/h2*2-6H,1H3,(H2,14,17)(H3,15,16,18);1-5,17H,6H2,(H2,14,18)(H3,15,16,19);1-4H,(H2,15,18)(H3,16,17,19);1-5H,(H2,14,17)(H3,15,16,18). The Kier molecular flexibility index (Phi) is 27.6. The maximum Gasteiger partial charge on any atom is 0.317 e. The molecule has 15 amide bonds. The lowest BCUT2D eigenvalue weighted by Gasteiger charge is -2.01. The topological polar surface area (TPSA) is 530 Å². The van der Waals surface area contributed by atoms with E-state index in [-0.39, 0.29) is 34.4 Å². The Balaban J connectivity index is 0.000000195. The van der Waals surface area contributed by atoms with Gasteiger partial charge in [-0.25, -0.2) is 24.0 Å². The molecule has 0 saturated carbocycles. The number of aliphatic hydroxyl groups excluding tert-OH is 1. The first kappa shape index (κ1) is 76.7. The second-order valence-electron chi connectivity index (χ2n) is 19.5. The number of hydrogen-bond acceptors (Lipinski definition) is 18. The van der Waals surface area contributed by atoms with E-state index in [0.29, 0.717) is 50.7 Å². The highest BCUT2D eigenvalue weighted by Crippen LogP contribution is 2.41. The van der Waals surface area contributed by atoms with Crippen molar-refractivity contribution < 1.29 is 62.5 Å². The zero-order valence-electron chi connectivity index (χ0n) is 51.4. The van der Waals surface area contributed by atoms with Gasteiger partial charge in [-0.1, -0.05) is 83.3 Å². The van der Waals surface area contributed by atoms with Crippen molar-refractivity contribution in [3.63, 3.8) is 0 Å². The zero-order chi connectivity index (χ0) is 72.9. The van der Waals surface area contributed by atoms with Gasteiger partial charge in [-0.15, -0.1) is 56.7 Å². The number of anilines is 5. The van der Waals surface area contributed by atoms with Gasteiger partial charge in [-0.3, -0.25) is 50.6 Å². The van der Waals surface area contributed by atoms with Gasteiger partial charge in [0.25, 0.3) is 29.5 Å². The van der Waals surface area contributed by atoms with Crippen LogP contribution in [0, 0.1) is 0 Å². The van der Waals surface area contributed by atoms with Crippen LogP contribution in [0.25, 0.3) is 52.2 Å². The monoisotopic (exact) mass is 1500 g/mol. The van der Waals surface area contributed by atoms with Gasteiger partial charge >= 0.3 is 30.2 Å². The summed E-state index contributed by atoms with van der Waals surface area (Å²) in [5.41, 5.74) is 57.7. The van der Waals surface area contributed by atoms with E-state index in [1.807, 2.05) is 54.6 Å². The van der Waals surface area contributed by atoms with Gasteiger partial charge in [-0.05, 0) is 130 Å². The first-order valence-electron chi connectivity index (χ1n) is 27.6. The van der Waals surface area contributed by atoms with Crippen molar-refractivity contribution in [1.29, 1.82) is 0 Å². The number of carbonyl (C=O) groups is 10. The molecule has 36 heteroatoms. The maximum atomic E-state index is 11.4. The molecule has 10 rings (SSSR count). The summed E-state index contributed by atoms with van der Waals surface area (Å²) in [6, 6.07) is 38.3. The molecule has 514 valence electrons. The van der Waals surface area contributed by atoms with Gasteiger partial charge in [0.1, 0.15) is 36.5 Å². The van der Waals surface area contributed by atoms with Crippen LogP contribution in [-0.2, 0) is 6.61 Å². The van der Waals surface area contributed by atoms with Crippen LogP contribution in [-0.4, -0.2) is 79.0 Å². The van der Waals surface area contributed by atoms with E-state index in [2.05, 4.69) is 26.6 Å². The first-order chi connectivity index (χ1) is 46.9. The average Bonchev–Trinajstić information content (AvgIpc) is 1.71. The molecule has 26 N–H and O–H groups in total. The van der Waals surface area contributed by atoms with Crippen LogP contribution in [0.4, 0.5) is 49.0 Å². The minimum atomic E-state index is -0.768. The second-order valence-corrected chi connectivity index (χ2v) is 26.0. The molecule has 0 aliphatic carbocycles. The van der Waals surface area contributed by atoms with Gasteiger partial charge in [0, 0.05) is 29.4 Å². The van der Waals surface area contributed by atoms with E-state index < -0.39 is 59.7 Å². The molecule has 5 aromatic carbocycles. The smallest absolute Gasteiger partial charge is 0.317 e. The predicted molar refractivity (Wildman–Crippen MR) is 391 cm³/mol. The number of urea groups is 5. The Labute approximate surface area is 597 Å². The number of nitrogens with two attached hydrogens (primary N) is 10. The van der Waals surface area contributed by atoms with Crippen LogP contribution in [0.15, 0.2) is 146 Å². The molecule has 0 saturated heterocycles. The molecule has 0 bridgehead atoms. The lowest BCUT2D eigenvalue weighted by atomic mass is 10.1. The van der Waals surface area contributed by atoms with Crippen LogP contribution in [0.2, 0.25) is 15.1 Å². The molecule has 0 fully saturated rings. The van der Waals surface area contributed by atoms with Crippen LogP contribution < -0.4 is 93.4 Å². The number of ether oxygens (including phenoxy) is 2. The van der Waals surface area contributed by atoms with Gasteiger partial charge in [0.15, 0.2) is 0 Å². The van der Waals surface area contributed by atoms with Crippen molar-refractivity contribution in [3.8, 4) is 63.7 Å². The highest BCUT2D eigenvalue weighted by Gasteiger charge is 2.21. The number of primary amides is 10. The SMILES string of the molecule is COc1ccc(-c2cc(C(N)=O)c(NC(N)=O)s2)cc1.COc1cccc(-c2cc(C(N)=O)c(NC(N)=O)s2)c1.NC(=O)Nc1sc(-c2ccc(Cl)c(Cl)c2)cc1C(N)=O.NC(=O)Nc1sc(-c2ccc(Cl)cc2)cc1C(N)=O.NC(=O)Nc1sc(-c2cccc(CO)c2)cc1C(N)=O. The molecular weight excluding hydrogens is 1440 g/mol. The molecule has 99 heavy (non-hydrogen) atoms. The molecule has 0 aliphatic heterocycles. The molecule has 0 unspecified atom stereocenters. The van der Waals surface area contributed by atoms with E-state index in [4.69, 9.17) is 107 Å². The molecule has 28 nitrogen and oxygen atoms in total. The lowest BCUT2D eigenvalue weighted by Crippen LogP contribution is -2.21. The third-order valence-corrected chi connectivity index (χ3v) is 19.1. The second kappa shape index (κ2) is 35.6. The highest BCUT2D eigenvalue weighted by molar-refractivity contribution is 7.21. The van der Waals surface area contributed by atoms with Crippen molar-refractivity contribution in [2.45, 2.75) is 6.61 Å². The van der Waals surface area contributed by atoms with Crippen LogP contribution in [0.3, 0.4) is 0 Å². The molecule has 5 aromatic heterocycles. The number of thiophene rings is 5. The number of benzene rings is 5. The minimum Gasteiger partial charge on any atom is -0.497 e. The van der Waals surface area contributed by atoms with Crippen LogP contribution >= 0.6 is 91.5 Å². The first-order valence-corrected chi connectivity index (χ1v) is 32.8. The molecule has 0 spiro atoms. The maximum absolute atomic E-state index is 11.4. The lowest BCUT2D eigenvalue weighted by molar-refractivity contribution is 0.0993. The average molecular weight is 1500 g/mol. The Morgan fingerprint density at radius 2 is 0.636 bits per heavy atom. The number of rotatable bonds is 18. The molecule has 0 radical (unpaired) electrons. The summed E-state index contributed by atoms with van der Waals surface area (Å²) < 4.78 is 10.2. The van der Waals surface area contributed by atoms with Crippen LogP contribution in [0.5, 0.6) is 11.5 Å². The van der Waals surface area contributed by atoms with E-state index >= 15 is 0 Å². The Hall–Kier alpha value is -11.3. The van der Waals surface area contributed by atoms with Crippen molar-refractivity contribution in [2.75, 3.05) is 40.8 Å². The third kappa shape index (κ3) is 22.1. The Morgan fingerprint density at radius 1 is 0.343 bits per heavy atom. The Bertz CT molecular complexity index is 4560. The quantitative estimate of drug-likeness (QED) is 0.0380. The number of methoxy groups -OCH3 is 2. The fourth-order valence-electron chi connectivity index (χ4n) is 8.22. The zero-order valence-corrected chi connectivity index (χ0v) is 57.7. The number of hydrogen-bond donors (Lipinski definition) is 16. The van der Waals surface area contributed by atoms with E-state index in [1.54, 1.807) is 105 Å². The van der Waals surface area contributed by atoms with E-state index in [1.165, 1.54) is 56.7 Å². The minimum absolute atomic E-state index is 0.0751. The van der Waals surface area contributed by atoms with E-state index in [9.17, 15) is 47.9 Å². The fourth-order valence-corrected chi connectivity index (χ4v) is 14.0. The van der Waals surface area contributed by atoms with Gasteiger partial charge in [0.2, 0.25) is 0 Å². The van der Waals surface area contributed by atoms with Gasteiger partial charge < -0.3 is 71.9 Å². The number of amides is 15. The normalized spacial score (nSPS) is 10.2. The molecular formula is C63H58Cl3N15O13S5. The molecule has 5 heterocycles. The molecule has 10 aromatic rings. The highest BCUT2D eigenvalue weighted by atomic mass is 35.5. The summed E-state index contributed by atoms with van der Waals surface area (Å²) in [5, 5.41) is 24.1. The summed E-state index contributed by atoms with van der Waals surface area (Å²) >= 11 is 23.6. The summed E-state index contributed by atoms with van der Waals surface area (Å²) in [7, 11) is 3.16. The summed E-state index contributed by atoms with van der Waals surface area (Å²) in [6.07, 6.45) is 0. The van der Waals surface area contributed by atoms with Gasteiger partial charge in [0.05, 0.1) is 58.7 Å². The number of aliphatic hydroxyl groups is 1. The van der Waals surface area contributed by atoms with Crippen LogP contribution in [0.1, 0.15) is 57.4 Å². The summed E-state index contributed by atoms with van der Waals surface area (Å²) in [4.78, 5) is 115. The molecule has 0 atom stereocenters. The molecule has 0 aliphatic rings. The number of nitrogens with one attached hydrogen (secondary N) is 5. The van der Waals surface area contributed by atoms with Gasteiger partial charge in [-0.2, -0.15) is 0 Å². The third-order valence-electron chi connectivity index (χ3n) is 12.6. The summed E-state index contributed by atoms with van der Waals surface area (Å²) in [5.74, 6) is -1.74.